The molecule has 1 N–H and O–H groups in total. The molecular weight excluding hydrogens is 518 g/mol. The quantitative estimate of drug-likeness (QED) is 0.336. The second kappa shape index (κ2) is 11.2. The van der Waals surface area contributed by atoms with Crippen LogP contribution >= 0.6 is 0 Å². The first-order valence-corrected chi connectivity index (χ1v) is 14.7. The first kappa shape index (κ1) is 27.0. The summed E-state index contributed by atoms with van der Waals surface area (Å²) in [4.78, 5) is 27.3. The maximum atomic E-state index is 13.5. The van der Waals surface area contributed by atoms with E-state index in [1.54, 1.807) is 4.68 Å². The van der Waals surface area contributed by atoms with Crippen molar-refractivity contribution in [1.82, 2.24) is 33.9 Å². The molecule has 4 aromatic rings. The normalized spacial score (nSPS) is 15.2. The van der Waals surface area contributed by atoms with Gasteiger partial charge in [0.15, 0.2) is 5.52 Å². The van der Waals surface area contributed by atoms with Gasteiger partial charge in [-0.05, 0) is 31.5 Å². The van der Waals surface area contributed by atoms with Crippen molar-refractivity contribution in [3.8, 4) is 17.3 Å². The van der Waals surface area contributed by atoms with E-state index in [1.165, 1.54) is 16.6 Å². The summed E-state index contributed by atoms with van der Waals surface area (Å²) in [6.45, 7) is 9.70. The number of pyridine rings is 1. The summed E-state index contributed by atoms with van der Waals surface area (Å²) in [5.74, 6) is 0.384. The van der Waals surface area contributed by atoms with Crippen LogP contribution in [0.25, 0.3) is 22.4 Å². The second-order valence-electron chi connectivity index (χ2n) is 9.35. The Morgan fingerprint density at radius 1 is 1.03 bits per heavy atom. The van der Waals surface area contributed by atoms with Gasteiger partial charge in [-0.2, -0.15) is 9.40 Å². The van der Waals surface area contributed by atoms with Crippen LogP contribution in [0.15, 0.2) is 52.3 Å². The number of nitrogens with zero attached hydrogens (tertiary/aromatic N) is 6. The zero-order valence-corrected chi connectivity index (χ0v) is 23.2. The van der Waals surface area contributed by atoms with Crippen LogP contribution in [0.4, 0.5) is 0 Å². The Kier molecular flexibility index (Phi) is 7.78. The number of sulfonamides is 1. The number of hydrogen-bond acceptors (Lipinski definition) is 8. The van der Waals surface area contributed by atoms with Crippen molar-refractivity contribution >= 4 is 21.1 Å². The van der Waals surface area contributed by atoms with Gasteiger partial charge in [-0.1, -0.05) is 44.2 Å². The molecule has 206 valence electrons. The topological polar surface area (TPSA) is 126 Å². The fourth-order valence-corrected chi connectivity index (χ4v) is 6.25. The lowest BCUT2D eigenvalue weighted by Crippen LogP contribution is -2.48. The van der Waals surface area contributed by atoms with E-state index in [-0.39, 0.29) is 22.1 Å². The van der Waals surface area contributed by atoms with E-state index in [0.29, 0.717) is 56.8 Å². The Morgan fingerprint density at radius 2 is 1.77 bits per heavy atom. The Hall–Kier alpha value is -3.61. The van der Waals surface area contributed by atoms with Gasteiger partial charge in [-0.25, -0.2) is 18.4 Å². The van der Waals surface area contributed by atoms with Gasteiger partial charge in [0.1, 0.15) is 16.2 Å². The SMILES string of the molecule is CCOc1ncc(S(=O)(=O)N2CCN(CC)CC2)cc1-c1nc2c(CC)n(Cc3ccccc3)nc2c(=O)[nH]1. The minimum absolute atomic E-state index is 0.0316. The highest BCUT2D eigenvalue weighted by Crippen LogP contribution is 2.30. The van der Waals surface area contributed by atoms with Crippen LogP contribution in [0.3, 0.4) is 0 Å². The third-order valence-electron chi connectivity index (χ3n) is 6.99. The van der Waals surface area contributed by atoms with E-state index in [2.05, 4.69) is 26.9 Å². The molecule has 1 aliphatic heterocycles. The minimum Gasteiger partial charge on any atom is -0.477 e. The number of aryl methyl sites for hydroxylation is 1. The van der Waals surface area contributed by atoms with Crippen molar-refractivity contribution in [3.63, 3.8) is 0 Å². The highest BCUT2D eigenvalue weighted by Gasteiger charge is 2.30. The lowest BCUT2D eigenvalue weighted by Gasteiger charge is -2.33. The molecule has 0 atom stereocenters. The van der Waals surface area contributed by atoms with Gasteiger partial charge in [0, 0.05) is 26.2 Å². The summed E-state index contributed by atoms with van der Waals surface area (Å²) in [5.41, 5.74) is 2.46. The molecule has 0 saturated carbocycles. The third kappa shape index (κ3) is 5.32. The molecule has 1 fully saturated rings. The molecule has 0 bridgehead atoms. The van der Waals surface area contributed by atoms with Crippen molar-refractivity contribution in [2.24, 2.45) is 0 Å². The fourth-order valence-electron chi connectivity index (χ4n) is 4.86. The zero-order chi connectivity index (χ0) is 27.6. The first-order chi connectivity index (χ1) is 18.8. The Bertz CT molecular complexity index is 1630. The summed E-state index contributed by atoms with van der Waals surface area (Å²) >= 11 is 0. The standard InChI is InChI=1S/C27H33N7O4S/c1-4-22-23-24(31-34(22)18-19-10-8-7-9-11-19)26(35)30-25(29-23)21-16-20(17-28-27(21)38-6-3)39(36,37)33-14-12-32(5-2)13-15-33/h7-11,16-17H,4-6,12-15,18H2,1-3H3,(H,29,30,35). The fraction of sp³-hybridized carbons (Fsp3) is 0.407. The molecule has 0 spiro atoms. The molecule has 12 heteroatoms. The van der Waals surface area contributed by atoms with Gasteiger partial charge in [0.2, 0.25) is 15.9 Å². The third-order valence-corrected chi connectivity index (χ3v) is 8.85. The van der Waals surface area contributed by atoms with E-state index in [1.807, 2.05) is 44.2 Å². The number of likely N-dealkylation sites (N-methyl/N-ethyl adjacent to an activating group) is 1. The van der Waals surface area contributed by atoms with Crippen LogP contribution in [0.5, 0.6) is 5.88 Å². The number of aromatic amines is 1. The second-order valence-corrected chi connectivity index (χ2v) is 11.3. The number of fused-ring (bicyclic) bond motifs is 1. The smallest absolute Gasteiger partial charge is 0.279 e. The number of benzene rings is 1. The van der Waals surface area contributed by atoms with Crippen molar-refractivity contribution in [3.05, 3.63) is 64.2 Å². The summed E-state index contributed by atoms with van der Waals surface area (Å²) in [5, 5.41) is 4.56. The van der Waals surface area contributed by atoms with Crippen molar-refractivity contribution in [1.29, 1.82) is 0 Å². The van der Waals surface area contributed by atoms with E-state index in [9.17, 15) is 13.2 Å². The average Bonchev–Trinajstić information content (AvgIpc) is 3.31. The maximum absolute atomic E-state index is 13.5. The zero-order valence-electron chi connectivity index (χ0n) is 22.4. The van der Waals surface area contributed by atoms with E-state index >= 15 is 0 Å². The molecule has 0 amide bonds. The van der Waals surface area contributed by atoms with Gasteiger partial charge < -0.3 is 14.6 Å². The molecule has 4 heterocycles. The van der Waals surface area contributed by atoms with Crippen LogP contribution in [-0.4, -0.2) is 81.7 Å². The van der Waals surface area contributed by atoms with E-state index < -0.39 is 15.6 Å². The Labute approximate surface area is 227 Å². The number of H-pyrrole nitrogens is 1. The molecule has 0 unspecified atom stereocenters. The molecule has 39 heavy (non-hydrogen) atoms. The van der Waals surface area contributed by atoms with Crippen LogP contribution in [0.1, 0.15) is 32.0 Å². The Morgan fingerprint density at radius 3 is 2.44 bits per heavy atom. The number of rotatable bonds is 9. The first-order valence-electron chi connectivity index (χ1n) is 13.2. The Balaban J connectivity index is 1.58. The largest absolute Gasteiger partial charge is 0.477 e. The van der Waals surface area contributed by atoms with E-state index in [4.69, 9.17) is 9.72 Å². The number of nitrogens with one attached hydrogen (secondary N) is 1. The van der Waals surface area contributed by atoms with Crippen LogP contribution < -0.4 is 10.3 Å². The summed E-state index contributed by atoms with van der Waals surface area (Å²) in [6.07, 6.45) is 1.91. The average molecular weight is 552 g/mol. The lowest BCUT2D eigenvalue weighted by molar-refractivity contribution is 0.196. The van der Waals surface area contributed by atoms with Gasteiger partial charge in [-0.15, -0.1) is 0 Å². The van der Waals surface area contributed by atoms with Crippen LogP contribution in [0, 0.1) is 0 Å². The molecule has 3 aromatic heterocycles. The lowest BCUT2D eigenvalue weighted by atomic mass is 10.2. The van der Waals surface area contributed by atoms with Gasteiger partial charge in [0.25, 0.3) is 5.56 Å². The number of ether oxygens (including phenoxy) is 1. The maximum Gasteiger partial charge on any atom is 0.279 e. The molecule has 0 radical (unpaired) electrons. The predicted octanol–water partition coefficient (Wildman–Crippen LogP) is 2.52. The molecular formula is C27H33N7O4S. The van der Waals surface area contributed by atoms with Crippen molar-refractivity contribution < 1.29 is 13.2 Å². The highest BCUT2D eigenvalue weighted by atomic mass is 32.2. The monoisotopic (exact) mass is 551 g/mol. The van der Waals surface area contributed by atoms with Crippen LogP contribution in [0.2, 0.25) is 0 Å². The van der Waals surface area contributed by atoms with Gasteiger partial charge in [0.05, 0.1) is 30.6 Å². The summed E-state index contributed by atoms with van der Waals surface area (Å²) in [6, 6.07) is 11.4. The molecule has 11 nitrogen and oxygen atoms in total. The molecule has 1 saturated heterocycles. The highest BCUT2D eigenvalue weighted by molar-refractivity contribution is 7.89. The van der Waals surface area contributed by atoms with Crippen molar-refractivity contribution in [2.75, 3.05) is 39.3 Å². The minimum atomic E-state index is -3.80. The van der Waals surface area contributed by atoms with E-state index in [0.717, 1.165) is 17.8 Å². The summed E-state index contributed by atoms with van der Waals surface area (Å²) < 4.78 is 36.0. The van der Waals surface area contributed by atoms with Crippen LogP contribution in [-0.2, 0) is 23.0 Å². The molecule has 1 aromatic carbocycles. The van der Waals surface area contributed by atoms with Gasteiger partial charge >= 0.3 is 0 Å². The number of piperazine rings is 1. The molecule has 5 rings (SSSR count). The number of hydrogen-bond donors (Lipinski definition) is 1. The number of aromatic nitrogens is 5. The van der Waals surface area contributed by atoms with Crippen molar-refractivity contribution in [2.45, 2.75) is 38.6 Å². The molecule has 1 aliphatic rings. The molecule has 0 aliphatic carbocycles. The van der Waals surface area contributed by atoms with Gasteiger partial charge in [-0.3, -0.25) is 9.48 Å². The summed E-state index contributed by atoms with van der Waals surface area (Å²) in [7, 11) is -3.80. The predicted molar refractivity (Wildman–Crippen MR) is 148 cm³/mol.